The highest BCUT2D eigenvalue weighted by Gasteiger charge is 2.25. The van der Waals surface area contributed by atoms with Gasteiger partial charge in [0.15, 0.2) is 17.6 Å². The second kappa shape index (κ2) is 13.1. The molecule has 0 aliphatic carbocycles. The van der Waals surface area contributed by atoms with Crippen molar-refractivity contribution in [2.75, 3.05) is 44.8 Å². The second-order valence-electron chi connectivity index (χ2n) is 6.20. The summed E-state index contributed by atoms with van der Waals surface area (Å²) in [6.45, 7) is 6.08. The van der Waals surface area contributed by atoms with E-state index in [0.717, 1.165) is 64.5 Å². The minimum absolute atomic E-state index is 0. The SMILES string of the molecule is CCCCOCCCNC(=NC)NC1CCN(c2ncccc2F)C1.I. The Morgan fingerprint density at radius 1 is 1.42 bits per heavy atom. The van der Waals surface area contributed by atoms with Gasteiger partial charge in [0.2, 0.25) is 0 Å². The number of unbranched alkanes of at least 4 members (excludes halogenated alkanes) is 1. The molecule has 1 aromatic rings. The normalized spacial score (nSPS) is 17.1. The topological polar surface area (TPSA) is 61.8 Å². The van der Waals surface area contributed by atoms with Crippen LogP contribution in [-0.2, 0) is 4.74 Å². The Balaban J connectivity index is 0.00000338. The Morgan fingerprint density at radius 3 is 2.96 bits per heavy atom. The van der Waals surface area contributed by atoms with Crippen molar-refractivity contribution in [2.45, 2.75) is 38.6 Å². The molecule has 1 aliphatic heterocycles. The molecule has 1 saturated heterocycles. The molecule has 6 nitrogen and oxygen atoms in total. The molecule has 0 saturated carbocycles. The van der Waals surface area contributed by atoms with Gasteiger partial charge in [0.1, 0.15) is 0 Å². The van der Waals surface area contributed by atoms with E-state index in [4.69, 9.17) is 4.74 Å². The van der Waals surface area contributed by atoms with Crippen LogP contribution in [0, 0.1) is 5.82 Å². The van der Waals surface area contributed by atoms with Crippen LogP contribution in [0.3, 0.4) is 0 Å². The molecule has 0 bridgehead atoms. The van der Waals surface area contributed by atoms with Crippen LogP contribution in [0.25, 0.3) is 0 Å². The maximum Gasteiger partial charge on any atom is 0.191 e. The molecular weight excluding hydrogens is 448 g/mol. The molecule has 8 heteroatoms. The van der Waals surface area contributed by atoms with E-state index in [9.17, 15) is 4.39 Å². The van der Waals surface area contributed by atoms with Crippen LogP contribution in [0.5, 0.6) is 0 Å². The van der Waals surface area contributed by atoms with Gasteiger partial charge >= 0.3 is 0 Å². The number of aliphatic imine (C=N–C) groups is 1. The number of guanidine groups is 1. The number of nitrogens with zero attached hydrogens (tertiary/aromatic N) is 3. The average Bonchev–Trinajstić information content (AvgIpc) is 3.08. The molecule has 1 aromatic heterocycles. The number of pyridine rings is 1. The third-order valence-electron chi connectivity index (χ3n) is 4.19. The zero-order valence-corrected chi connectivity index (χ0v) is 18.0. The van der Waals surface area contributed by atoms with Crippen LogP contribution >= 0.6 is 24.0 Å². The number of nitrogens with one attached hydrogen (secondary N) is 2. The van der Waals surface area contributed by atoms with Gasteiger partial charge in [0.05, 0.1) is 0 Å². The number of halogens is 2. The number of anilines is 1. The molecular formula is C18H31FIN5O. The van der Waals surface area contributed by atoms with E-state index >= 15 is 0 Å². The summed E-state index contributed by atoms with van der Waals surface area (Å²) in [6, 6.07) is 3.29. The van der Waals surface area contributed by atoms with Crippen molar-refractivity contribution in [2.24, 2.45) is 4.99 Å². The van der Waals surface area contributed by atoms with Gasteiger partial charge in [-0.2, -0.15) is 0 Å². The molecule has 148 valence electrons. The fraction of sp³-hybridized carbons (Fsp3) is 0.667. The predicted molar refractivity (Wildman–Crippen MR) is 115 cm³/mol. The number of ether oxygens (including phenoxy) is 1. The van der Waals surface area contributed by atoms with Gasteiger partial charge < -0.3 is 20.3 Å². The minimum atomic E-state index is -0.270. The smallest absolute Gasteiger partial charge is 0.191 e. The lowest BCUT2D eigenvalue weighted by Crippen LogP contribution is -2.45. The number of aromatic nitrogens is 1. The van der Waals surface area contributed by atoms with E-state index in [1.54, 1.807) is 19.3 Å². The third kappa shape index (κ3) is 7.61. The van der Waals surface area contributed by atoms with E-state index < -0.39 is 0 Å². The van der Waals surface area contributed by atoms with Gasteiger partial charge in [0, 0.05) is 52.1 Å². The first-order valence-electron chi connectivity index (χ1n) is 9.15. The zero-order chi connectivity index (χ0) is 17.9. The number of hydrogen-bond donors (Lipinski definition) is 2. The average molecular weight is 479 g/mol. The lowest BCUT2D eigenvalue weighted by Gasteiger charge is -2.20. The molecule has 0 radical (unpaired) electrons. The first kappa shape index (κ1) is 22.9. The van der Waals surface area contributed by atoms with Gasteiger partial charge in [-0.05, 0) is 31.4 Å². The molecule has 1 unspecified atom stereocenters. The standard InChI is InChI=1S/C18H30FN5O.HI/c1-3-4-12-25-13-6-10-22-18(20-2)23-15-8-11-24(14-15)17-16(19)7-5-9-21-17;/h5,7,9,15H,3-4,6,8,10-14H2,1-2H3,(H2,20,22,23);1H. The summed E-state index contributed by atoms with van der Waals surface area (Å²) >= 11 is 0. The summed E-state index contributed by atoms with van der Waals surface area (Å²) in [5, 5.41) is 6.71. The Morgan fingerprint density at radius 2 is 2.23 bits per heavy atom. The molecule has 2 rings (SSSR count). The summed E-state index contributed by atoms with van der Waals surface area (Å²) in [4.78, 5) is 10.4. The maximum atomic E-state index is 13.8. The molecule has 0 amide bonds. The van der Waals surface area contributed by atoms with Gasteiger partial charge in [-0.25, -0.2) is 9.37 Å². The first-order valence-corrected chi connectivity index (χ1v) is 9.15. The van der Waals surface area contributed by atoms with E-state index in [-0.39, 0.29) is 35.8 Å². The largest absolute Gasteiger partial charge is 0.381 e. The Hall–Kier alpha value is -1.16. The number of hydrogen-bond acceptors (Lipinski definition) is 4. The monoisotopic (exact) mass is 479 g/mol. The van der Waals surface area contributed by atoms with Crippen molar-refractivity contribution in [3.63, 3.8) is 0 Å². The Bertz CT molecular complexity index is 546. The lowest BCUT2D eigenvalue weighted by molar-refractivity contribution is 0.129. The molecule has 2 N–H and O–H groups in total. The number of rotatable bonds is 9. The predicted octanol–water partition coefficient (Wildman–Crippen LogP) is 2.79. The van der Waals surface area contributed by atoms with Crippen molar-refractivity contribution < 1.29 is 9.13 Å². The summed E-state index contributed by atoms with van der Waals surface area (Å²) < 4.78 is 19.4. The van der Waals surface area contributed by atoms with Crippen molar-refractivity contribution in [3.05, 3.63) is 24.1 Å². The molecule has 2 heterocycles. The van der Waals surface area contributed by atoms with Crippen molar-refractivity contribution in [1.82, 2.24) is 15.6 Å². The van der Waals surface area contributed by atoms with Crippen LogP contribution in [0.1, 0.15) is 32.6 Å². The summed E-state index contributed by atoms with van der Waals surface area (Å²) in [7, 11) is 1.76. The minimum Gasteiger partial charge on any atom is -0.381 e. The lowest BCUT2D eigenvalue weighted by atomic mass is 10.3. The molecule has 1 fully saturated rings. The van der Waals surface area contributed by atoms with E-state index in [2.05, 4.69) is 27.5 Å². The summed E-state index contributed by atoms with van der Waals surface area (Å²) in [5.41, 5.74) is 0. The van der Waals surface area contributed by atoms with Gasteiger partial charge in [0.25, 0.3) is 0 Å². The highest BCUT2D eigenvalue weighted by atomic mass is 127. The molecule has 1 aliphatic rings. The van der Waals surface area contributed by atoms with Crippen LogP contribution in [0.4, 0.5) is 10.2 Å². The van der Waals surface area contributed by atoms with Gasteiger partial charge in [-0.3, -0.25) is 4.99 Å². The first-order chi connectivity index (χ1) is 12.2. The summed E-state index contributed by atoms with van der Waals surface area (Å²) in [5.74, 6) is 0.939. The van der Waals surface area contributed by atoms with Gasteiger partial charge in [-0.1, -0.05) is 13.3 Å². The van der Waals surface area contributed by atoms with Crippen molar-refractivity contribution >= 4 is 35.8 Å². The van der Waals surface area contributed by atoms with Crippen LogP contribution < -0.4 is 15.5 Å². The second-order valence-corrected chi connectivity index (χ2v) is 6.20. The highest BCUT2D eigenvalue weighted by Crippen LogP contribution is 2.20. The Kier molecular flexibility index (Phi) is 11.5. The Labute approximate surface area is 173 Å². The highest BCUT2D eigenvalue weighted by molar-refractivity contribution is 14.0. The molecule has 0 aromatic carbocycles. The van der Waals surface area contributed by atoms with E-state index in [0.29, 0.717) is 5.82 Å². The molecule has 0 spiro atoms. The van der Waals surface area contributed by atoms with E-state index in [1.165, 1.54) is 6.07 Å². The van der Waals surface area contributed by atoms with Gasteiger partial charge in [-0.15, -0.1) is 24.0 Å². The molecule has 1 atom stereocenters. The van der Waals surface area contributed by atoms with E-state index in [1.807, 2.05) is 4.90 Å². The molecule has 26 heavy (non-hydrogen) atoms. The fourth-order valence-corrected chi connectivity index (χ4v) is 2.80. The maximum absolute atomic E-state index is 13.8. The van der Waals surface area contributed by atoms with Crippen LogP contribution in [-0.4, -0.2) is 56.9 Å². The quantitative estimate of drug-likeness (QED) is 0.247. The van der Waals surface area contributed by atoms with Crippen LogP contribution in [0.2, 0.25) is 0 Å². The van der Waals surface area contributed by atoms with Crippen LogP contribution in [0.15, 0.2) is 23.3 Å². The zero-order valence-electron chi connectivity index (χ0n) is 15.7. The third-order valence-corrected chi connectivity index (χ3v) is 4.19. The fourth-order valence-electron chi connectivity index (χ4n) is 2.80. The van der Waals surface area contributed by atoms with Crippen molar-refractivity contribution in [3.8, 4) is 0 Å². The summed E-state index contributed by atoms with van der Waals surface area (Å²) in [6.07, 6.45) is 5.78. The van der Waals surface area contributed by atoms with Crippen molar-refractivity contribution in [1.29, 1.82) is 0 Å².